The van der Waals surface area contributed by atoms with Crippen LogP contribution in [0.5, 0.6) is 0 Å². The average Bonchev–Trinajstić information content (AvgIpc) is 2.53. The molecule has 5 heteroatoms. The van der Waals surface area contributed by atoms with E-state index in [0.29, 0.717) is 11.3 Å². The number of hydrogen-bond acceptors (Lipinski definition) is 4. The SMILES string of the molecule is O=C(NNC1=Nc2ccccc2SC1)c1ccccc1. The maximum absolute atomic E-state index is 11.9. The first-order valence-electron chi connectivity index (χ1n) is 6.24. The number of amides is 1. The van der Waals surface area contributed by atoms with E-state index in [-0.39, 0.29) is 5.91 Å². The van der Waals surface area contributed by atoms with Crippen LogP contribution in [0.4, 0.5) is 5.69 Å². The van der Waals surface area contributed by atoms with Crippen molar-refractivity contribution in [3.8, 4) is 0 Å². The molecule has 2 aromatic rings. The van der Waals surface area contributed by atoms with Gasteiger partial charge in [-0.25, -0.2) is 4.99 Å². The van der Waals surface area contributed by atoms with Gasteiger partial charge in [-0.15, -0.1) is 11.8 Å². The molecule has 0 unspecified atom stereocenters. The Kier molecular flexibility index (Phi) is 3.69. The summed E-state index contributed by atoms with van der Waals surface area (Å²) in [5.74, 6) is 1.29. The summed E-state index contributed by atoms with van der Waals surface area (Å²) in [6, 6.07) is 17.0. The largest absolute Gasteiger partial charge is 0.284 e. The average molecular weight is 283 g/mol. The van der Waals surface area contributed by atoms with E-state index in [2.05, 4.69) is 15.8 Å². The van der Waals surface area contributed by atoms with Crippen LogP contribution < -0.4 is 10.9 Å². The molecule has 2 N–H and O–H groups in total. The summed E-state index contributed by atoms with van der Waals surface area (Å²) in [5.41, 5.74) is 7.10. The lowest BCUT2D eigenvalue weighted by Gasteiger charge is -2.16. The van der Waals surface area contributed by atoms with Gasteiger partial charge >= 0.3 is 0 Å². The third kappa shape index (κ3) is 2.83. The van der Waals surface area contributed by atoms with E-state index in [1.165, 1.54) is 0 Å². The molecule has 20 heavy (non-hydrogen) atoms. The van der Waals surface area contributed by atoms with E-state index < -0.39 is 0 Å². The first-order chi connectivity index (χ1) is 9.83. The van der Waals surface area contributed by atoms with Crippen LogP contribution in [0.25, 0.3) is 0 Å². The fourth-order valence-corrected chi connectivity index (χ4v) is 2.72. The molecular formula is C15H13N3OS. The first-order valence-corrected chi connectivity index (χ1v) is 7.22. The molecule has 0 saturated carbocycles. The minimum Gasteiger partial charge on any atom is -0.284 e. The number of hydrogen-bond donors (Lipinski definition) is 2. The summed E-state index contributed by atoms with van der Waals surface area (Å²) in [4.78, 5) is 17.5. The number of benzene rings is 2. The Bertz CT molecular complexity index is 655. The van der Waals surface area contributed by atoms with Gasteiger partial charge in [0.25, 0.3) is 5.91 Å². The summed E-state index contributed by atoms with van der Waals surface area (Å²) in [7, 11) is 0. The lowest BCUT2D eigenvalue weighted by Crippen LogP contribution is -2.43. The molecule has 0 bridgehead atoms. The molecule has 0 atom stereocenters. The molecule has 3 rings (SSSR count). The van der Waals surface area contributed by atoms with Gasteiger partial charge in [-0.3, -0.25) is 15.6 Å². The number of nitrogens with zero attached hydrogens (tertiary/aromatic N) is 1. The lowest BCUT2D eigenvalue weighted by molar-refractivity contribution is 0.0943. The smallest absolute Gasteiger partial charge is 0.269 e. The maximum atomic E-state index is 11.9. The van der Waals surface area contributed by atoms with Gasteiger partial charge in [0.15, 0.2) is 0 Å². The molecule has 0 radical (unpaired) electrons. The van der Waals surface area contributed by atoms with Crippen molar-refractivity contribution >= 4 is 29.2 Å². The van der Waals surface area contributed by atoms with Crippen molar-refractivity contribution in [3.05, 3.63) is 60.2 Å². The van der Waals surface area contributed by atoms with Crippen LogP contribution in [0.15, 0.2) is 64.5 Å². The van der Waals surface area contributed by atoms with Gasteiger partial charge in [-0.2, -0.15) is 0 Å². The molecule has 100 valence electrons. The summed E-state index contributed by atoms with van der Waals surface area (Å²) in [6.07, 6.45) is 0. The van der Waals surface area contributed by atoms with Crippen LogP contribution in [0.2, 0.25) is 0 Å². The van der Waals surface area contributed by atoms with Crippen LogP contribution >= 0.6 is 11.8 Å². The summed E-state index contributed by atoms with van der Waals surface area (Å²) in [6.45, 7) is 0. The highest BCUT2D eigenvalue weighted by Crippen LogP contribution is 2.32. The predicted molar refractivity (Wildman–Crippen MR) is 81.3 cm³/mol. The van der Waals surface area contributed by atoms with Gasteiger partial charge in [0.05, 0.1) is 11.4 Å². The van der Waals surface area contributed by atoms with E-state index in [0.717, 1.165) is 16.4 Å². The summed E-state index contributed by atoms with van der Waals surface area (Å²) in [5, 5.41) is 0. The molecule has 1 amide bonds. The molecule has 1 aliphatic heterocycles. The Balaban J connectivity index is 1.65. The molecule has 1 aliphatic rings. The van der Waals surface area contributed by atoms with E-state index in [9.17, 15) is 4.79 Å². The van der Waals surface area contributed by atoms with Crippen LogP contribution in [-0.2, 0) is 0 Å². The topological polar surface area (TPSA) is 53.5 Å². The highest BCUT2D eigenvalue weighted by molar-refractivity contribution is 8.00. The second-order valence-electron chi connectivity index (χ2n) is 4.26. The first kappa shape index (κ1) is 12.7. The zero-order valence-corrected chi connectivity index (χ0v) is 11.5. The normalized spacial score (nSPS) is 13.1. The van der Waals surface area contributed by atoms with Gasteiger partial charge in [-0.1, -0.05) is 30.3 Å². The Hall–Kier alpha value is -2.27. The number of thioether (sulfide) groups is 1. The second-order valence-corrected chi connectivity index (χ2v) is 5.28. The number of carbonyl (C=O) groups is 1. The van der Waals surface area contributed by atoms with E-state index in [4.69, 9.17) is 0 Å². The van der Waals surface area contributed by atoms with Crippen LogP contribution in [0.3, 0.4) is 0 Å². The Labute approximate surface area is 121 Å². The van der Waals surface area contributed by atoms with Gasteiger partial charge < -0.3 is 0 Å². The minimum atomic E-state index is -0.169. The van der Waals surface area contributed by atoms with Crippen molar-refractivity contribution < 1.29 is 4.79 Å². The molecular weight excluding hydrogens is 270 g/mol. The second kappa shape index (κ2) is 5.79. The predicted octanol–water partition coefficient (Wildman–Crippen LogP) is 2.76. The monoisotopic (exact) mass is 283 g/mol. The van der Waals surface area contributed by atoms with E-state index in [1.807, 2.05) is 42.5 Å². The van der Waals surface area contributed by atoms with E-state index >= 15 is 0 Å². The number of carbonyl (C=O) groups excluding carboxylic acids is 1. The lowest BCUT2D eigenvalue weighted by atomic mass is 10.2. The van der Waals surface area contributed by atoms with Gasteiger partial charge in [0.1, 0.15) is 5.84 Å². The van der Waals surface area contributed by atoms with Crippen LogP contribution in [0.1, 0.15) is 10.4 Å². The molecule has 0 saturated heterocycles. The molecule has 0 aromatic heterocycles. The van der Waals surface area contributed by atoms with Gasteiger partial charge in [-0.05, 0) is 24.3 Å². The highest BCUT2D eigenvalue weighted by atomic mass is 32.2. The quantitative estimate of drug-likeness (QED) is 0.791. The number of nitrogens with one attached hydrogen (secondary N) is 2. The number of hydrazine groups is 1. The number of fused-ring (bicyclic) bond motifs is 1. The molecule has 2 aromatic carbocycles. The molecule has 4 nitrogen and oxygen atoms in total. The maximum Gasteiger partial charge on any atom is 0.269 e. The molecule has 0 spiro atoms. The van der Waals surface area contributed by atoms with Gasteiger partial charge in [0.2, 0.25) is 0 Å². The van der Waals surface area contributed by atoms with Gasteiger partial charge in [0, 0.05) is 10.5 Å². The third-order valence-electron chi connectivity index (χ3n) is 2.84. The molecule has 0 aliphatic carbocycles. The number of aliphatic imine (C=N–C) groups is 1. The zero-order chi connectivity index (χ0) is 13.8. The fraction of sp³-hybridized carbons (Fsp3) is 0.0667. The zero-order valence-electron chi connectivity index (χ0n) is 10.7. The summed E-state index contributed by atoms with van der Waals surface area (Å²) < 4.78 is 0. The van der Waals surface area contributed by atoms with Crippen molar-refractivity contribution in [3.63, 3.8) is 0 Å². The number of rotatable bonds is 1. The van der Waals surface area contributed by atoms with Crippen molar-refractivity contribution in [1.82, 2.24) is 10.9 Å². The molecule has 0 fully saturated rings. The Morgan fingerprint density at radius 2 is 1.80 bits per heavy atom. The number of para-hydroxylation sites is 1. The van der Waals surface area contributed by atoms with Crippen molar-refractivity contribution in [1.29, 1.82) is 0 Å². The minimum absolute atomic E-state index is 0.169. The third-order valence-corrected chi connectivity index (χ3v) is 3.92. The summed E-state index contributed by atoms with van der Waals surface area (Å²) >= 11 is 1.70. The fourth-order valence-electron chi connectivity index (χ4n) is 1.85. The van der Waals surface area contributed by atoms with Crippen molar-refractivity contribution in [2.24, 2.45) is 4.99 Å². The van der Waals surface area contributed by atoms with Crippen molar-refractivity contribution in [2.45, 2.75) is 4.90 Å². The van der Waals surface area contributed by atoms with E-state index in [1.54, 1.807) is 23.9 Å². The number of amidine groups is 1. The van der Waals surface area contributed by atoms with Crippen LogP contribution in [0, 0.1) is 0 Å². The molecule has 1 heterocycles. The van der Waals surface area contributed by atoms with Crippen LogP contribution in [-0.4, -0.2) is 17.5 Å². The Morgan fingerprint density at radius 3 is 2.65 bits per heavy atom. The van der Waals surface area contributed by atoms with Crippen molar-refractivity contribution in [2.75, 3.05) is 5.75 Å². The standard InChI is InChI=1S/C15H13N3OS/c19-15(11-6-2-1-3-7-11)18-17-14-10-20-13-9-5-4-8-12(13)16-14/h1-9H,10H2,(H,16,17)(H,18,19). The Morgan fingerprint density at radius 1 is 1.05 bits per heavy atom. The highest BCUT2D eigenvalue weighted by Gasteiger charge is 2.12.